The molecule has 4 rings (SSSR count). The summed E-state index contributed by atoms with van der Waals surface area (Å²) in [5, 5.41) is 0. The van der Waals surface area contributed by atoms with Crippen molar-refractivity contribution < 1.29 is 47.9 Å². The van der Waals surface area contributed by atoms with Gasteiger partial charge in [0.25, 0.3) is 12.7 Å². The molecule has 0 radical (unpaired) electrons. The predicted molar refractivity (Wildman–Crippen MR) is 96.5 cm³/mol. The molecule has 7 heteroatoms. The number of benzene rings is 2. The van der Waals surface area contributed by atoms with Gasteiger partial charge in [0.05, 0.1) is 0 Å². The fraction of sp³-hybridized carbons (Fsp3) is 0.0952. The molecule has 144 valence electrons. The topological polar surface area (TPSA) is 34.7 Å². The van der Waals surface area contributed by atoms with Crippen molar-refractivity contribution in [3.8, 4) is 0 Å². The molecule has 0 amide bonds. The van der Waals surface area contributed by atoms with Crippen LogP contribution in [0, 0.1) is 0 Å². The van der Waals surface area contributed by atoms with Crippen molar-refractivity contribution in [2.24, 2.45) is 0 Å². The van der Waals surface area contributed by atoms with E-state index in [9.17, 15) is 4.79 Å². The summed E-state index contributed by atoms with van der Waals surface area (Å²) in [6.45, 7) is 1.47. The van der Waals surface area contributed by atoms with E-state index in [-0.39, 0.29) is 40.0 Å². The van der Waals surface area contributed by atoms with Crippen LogP contribution >= 0.6 is 0 Å². The number of carbonyl (C=O) groups excluding carboxylic acids is 1. The molecular weight excluding hydrogens is 484 g/mol. The van der Waals surface area contributed by atoms with E-state index in [0.717, 1.165) is 13.1 Å². The van der Waals surface area contributed by atoms with Crippen LogP contribution in [-0.4, -0.2) is 15.2 Å². The quantitative estimate of drug-likeness (QED) is 0.266. The molecular formula is C21H20Br2N4O. The Hall–Kier alpha value is -2.51. The number of nitrogens with zero attached hydrogens (tertiary/aromatic N) is 4. The van der Waals surface area contributed by atoms with Gasteiger partial charge in [-0.1, -0.05) is 60.7 Å². The minimum absolute atomic E-state index is 0. The maximum Gasteiger partial charge on any atom is 0.513 e. The monoisotopic (exact) mass is 502 g/mol. The molecule has 0 aliphatic rings. The molecule has 0 fully saturated rings. The zero-order valence-electron chi connectivity index (χ0n) is 15.1. The summed E-state index contributed by atoms with van der Waals surface area (Å²) < 4.78 is 7.18. The van der Waals surface area contributed by atoms with Crippen molar-refractivity contribution in [1.82, 2.24) is 9.13 Å². The number of rotatable bonds is 4. The van der Waals surface area contributed by atoms with Crippen molar-refractivity contribution >= 4 is 6.03 Å². The predicted octanol–water partition coefficient (Wildman–Crippen LogP) is -3.51. The normalized spacial score (nSPS) is 10.0. The van der Waals surface area contributed by atoms with Gasteiger partial charge < -0.3 is 34.0 Å². The molecule has 5 nitrogen and oxygen atoms in total. The summed E-state index contributed by atoms with van der Waals surface area (Å²) in [5.74, 6) is 0. The maximum atomic E-state index is 12.7. The smallest absolute Gasteiger partial charge is 0.513 e. The van der Waals surface area contributed by atoms with Gasteiger partial charge in [-0.15, -0.1) is 9.13 Å². The molecule has 0 atom stereocenters. The Morgan fingerprint density at radius 1 is 0.679 bits per heavy atom. The third-order valence-electron chi connectivity index (χ3n) is 4.24. The molecule has 0 bridgehead atoms. The third-order valence-corrected chi connectivity index (χ3v) is 4.24. The van der Waals surface area contributed by atoms with Crippen molar-refractivity contribution in [2.75, 3.05) is 0 Å². The average molecular weight is 504 g/mol. The minimum atomic E-state index is -0.108. The maximum absolute atomic E-state index is 12.7. The van der Waals surface area contributed by atoms with Gasteiger partial charge in [-0.2, -0.15) is 4.79 Å². The van der Waals surface area contributed by atoms with Crippen LogP contribution in [0.2, 0.25) is 0 Å². The van der Waals surface area contributed by atoms with Gasteiger partial charge in [0.15, 0.2) is 0 Å². The first-order valence-corrected chi connectivity index (χ1v) is 8.54. The van der Waals surface area contributed by atoms with E-state index in [1.54, 1.807) is 21.5 Å². The Morgan fingerprint density at radius 3 is 1.46 bits per heavy atom. The molecule has 0 aliphatic carbocycles. The Labute approximate surface area is 185 Å². The molecule has 2 heterocycles. The van der Waals surface area contributed by atoms with Gasteiger partial charge in [0, 0.05) is 0 Å². The first-order valence-electron chi connectivity index (χ1n) is 8.54. The summed E-state index contributed by atoms with van der Waals surface area (Å²) in [7, 11) is 0. The Kier molecular flexibility index (Phi) is 7.90. The van der Waals surface area contributed by atoms with Crippen LogP contribution in [0.1, 0.15) is 11.1 Å². The highest BCUT2D eigenvalue weighted by molar-refractivity contribution is 5.78. The average Bonchev–Trinajstić information content (AvgIpc) is 3.33. The summed E-state index contributed by atoms with van der Waals surface area (Å²) in [5.41, 5.74) is 2.40. The molecule has 0 saturated carbocycles. The van der Waals surface area contributed by atoms with E-state index in [0.29, 0.717) is 0 Å². The molecule has 0 spiro atoms. The molecule has 0 N–H and O–H groups in total. The highest BCUT2D eigenvalue weighted by Crippen LogP contribution is 2.00. The fourth-order valence-corrected chi connectivity index (χ4v) is 2.92. The lowest BCUT2D eigenvalue weighted by Crippen LogP contribution is -3.00. The Morgan fingerprint density at radius 2 is 1.07 bits per heavy atom. The summed E-state index contributed by atoms with van der Waals surface area (Å²) in [4.78, 5) is 12.7. The highest BCUT2D eigenvalue weighted by atomic mass is 79.9. The second kappa shape index (κ2) is 10.1. The van der Waals surface area contributed by atoms with E-state index >= 15 is 0 Å². The number of carbonyl (C=O) groups is 1. The number of halogens is 2. The second-order valence-electron chi connectivity index (χ2n) is 6.24. The first-order chi connectivity index (χ1) is 12.8. The van der Waals surface area contributed by atoms with Gasteiger partial charge >= 0.3 is 6.03 Å². The van der Waals surface area contributed by atoms with E-state index in [2.05, 4.69) is 24.3 Å². The van der Waals surface area contributed by atoms with E-state index in [1.807, 2.05) is 70.6 Å². The van der Waals surface area contributed by atoms with Gasteiger partial charge in [0.2, 0.25) is 0 Å². The highest BCUT2D eigenvalue weighted by Gasteiger charge is 2.21. The standard InChI is InChI=1S/C21H20N4O.2BrH/c26-21(24-13-11-22(17-24)15-19-7-3-1-4-8-19)25-14-12-23(18-25)16-20-9-5-2-6-10-20;;/h1-14,17-18H,15-16H2;2*1H/q+2;;/p-2. The molecule has 0 saturated heterocycles. The first kappa shape index (κ1) is 21.8. The molecule has 2 aromatic carbocycles. The van der Waals surface area contributed by atoms with Gasteiger partial charge in [-0.25, -0.2) is 9.13 Å². The van der Waals surface area contributed by atoms with E-state index in [4.69, 9.17) is 0 Å². The van der Waals surface area contributed by atoms with Crippen molar-refractivity contribution in [2.45, 2.75) is 13.1 Å². The largest absolute Gasteiger partial charge is 1.00 e. The minimum Gasteiger partial charge on any atom is -1.00 e. The van der Waals surface area contributed by atoms with Crippen molar-refractivity contribution in [1.29, 1.82) is 0 Å². The van der Waals surface area contributed by atoms with Gasteiger partial charge in [0.1, 0.15) is 37.9 Å². The molecule has 28 heavy (non-hydrogen) atoms. The fourth-order valence-electron chi connectivity index (χ4n) is 2.92. The lowest BCUT2D eigenvalue weighted by atomic mass is 10.2. The Balaban J connectivity index is 0.00000140. The number of hydrogen-bond donors (Lipinski definition) is 0. The zero-order valence-corrected chi connectivity index (χ0v) is 18.3. The molecule has 0 aliphatic heterocycles. The van der Waals surface area contributed by atoms with Crippen LogP contribution in [0.25, 0.3) is 0 Å². The van der Waals surface area contributed by atoms with Gasteiger partial charge in [-0.3, -0.25) is 0 Å². The third kappa shape index (κ3) is 5.27. The molecule has 4 aromatic rings. The van der Waals surface area contributed by atoms with Crippen molar-refractivity contribution in [3.05, 3.63) is 109 Å². The van der Waals surface area contributed by atoms with Crippen LogP contribution in [0.3, 0.4) is 0 Å². The van der Waals surface area contributed by atoms with Crippen LogP contribution in [-0.2, 0) is 13.1 Å². The molecule has 0 unspecified atom stereocenters. The Bertz CT molecular complexity index is 931. The lowest BCUT2D eigenvalue weighted by Gasteiger charge is -1.96. The summed E-state index contributed by atoms with van der Waals surface area (Å²) in [6.07, 6.45) is 11.0. The SMILES string of the molecule is O=C(n1cc[n+](Cc2ccccc2)c1)n1cc[n+](Cc2ccccc2)c1.[Br-].[Br-]. The van der Waals surface area contributed by atoms with E-state index in [1.165, 1.54) is 11.1 Å². The van der Waals surface area contributed by atoms with Crippen LogP contribution in [0.5, 0.6) is 0 Å². The molecule has 2 aromatic heterocycles. The van der Waals surface area contributed by atoms with Crippen LogP contribution < -0.4 is 43.1 Å². The summed E-state index contributed by atoms with van der Waals surface area (Å²) in [6, 6.07) is 20.3. The zero-order chi connectivity index (χ0) is 17.8. The number of hydrogen-bond acceptors (Lipinski definition) is 1. The summed E-state index contributed by atoms with van der Waals surface area (Å²) >= 11 is 0. The lowest BCUT2D eigenvalue weighted by molar-refractivity contribution is -0.687. The second-order valence-corrected chi connectivity index (χ2v) is 6.24. The van der Waals surface area contributed by atoms with E-state index < -0.39 is 0 Å². The van der Waals surface area contributed by atoms with Crippen molar-refractivity contribution in [3.63, 3.8) is 0 Å². The van der Waals surface area contributed by atoms with Crippen LogP contribution in [0.4, 0.5) is 4.79 Å². The van der Waals surface area contributed by atoms with Gasteiger partial charge in [-0.05, 0) is 11.1 Å². The number of imidazole rings is 2. The van der Waals surface area contributed by atoms with Crippen LogP contribution in [0.15, 0.2) is 98.1 Å². The number of aromatic nitrogens is 4.